The second kappa shape index (κ2) is 2.81. The Bertz CT molecular complexity index is 322. The van der Waals surface area contributed by atoms with Gasteiger partial charge in [-0.25, -0.2) is 0 Å². The van der Waals surface area contributed by atoms with Crippen LogP contribution < -0.4 is 5.32 Å². The fourth-order valence-electron chi connectivity index (χ4n) is 2.69. The molecule has 1 fully saturated rings. The quantitative estimate of drug-likeness (QED) is 0.642. The zero-order valence-corrected chi connectivity index (χ0v) is 7.66. The first-order valence-electron chi connectivity index (χ1n) is 5.08. The van der Waals surface area contributed by atoms with E-state index in [-0.39, 0.29) is 0 Å². The van der Waals surface area contributed by atoms with Gasteiger partial charge in [0.2, 0.25) is 0 Å². The number of hydrogen-bond acceptors (Lipinski definition) is 2. The van der Waals surface area contributed by atoms with E-state index in [4.69, 9.17) is 0 Å². The molecule has 1 aliphatic carbocycles. The average molecular weight is 174 g/mol. The van der Waals surface area contributed by atoms with Gasteiger partial charge in [0.05, 0.1) is 0 Å². The maximum Gasteiger partial charge on any atom is 0.0442 e. The van der Waals surface area contributed by atoms with Gasteiger partial charge < -0.3 is 5.32 Å². The van der Waals surface area contributed by atoms with Crippen LogP contribution in [0.25, 0.3) is 0 Å². The van der Waals surface area contributed by atoms with Gasteiger partial charge in [-0.1, -0.05) is 6.07 Å². The fourth-order valence-corrected chi connectivity index (χ4v) is 2.69. The first kappa shape index (κ1) is 7.51. The molecule has 1 aliphatic heterocycles. The van der Waals surface area contributed by atoms with Crippen molar-refractivity contribution in [1.29, 1.82) is 0 Å². The molecule has 13 heavy (non-hydrogen) atoms. The minimum Gasteiger partial charge on any atom is -0.316 e. The standard InChI is InChI=1S/C11H14N2/c1-2-10-9-4-8(6-12-7-9)5-11(10)13-3-1/h1-3,8-9,12H,4-7H2/t8?,9-/m0/s1. The van der Waals surface area contributed by atoms with Gasteiger partial charge in [0.15, 0.2) is 0 Å². The molecule has 0 aromatic carbocycles. The van der Waals surface area contributed by atoms with Crippen molar-refractivity contribution in [1.82, 2.24) is 10.3 Å². The van der Waals surface area contributed by atoms with Crippen molar-refractivity contribution in [3.63, 3.8) is 0 Å². The van der Waals surface area contributed by atoms with Gasteiger partial charge in [-0.15, -0.1) is 0 Å². The summed E-state index contributed by atoms with van der Waals surface area (Å²) in [5.41, 5.74) is 2.84. The van der Waals surface area contributed by atoms with E-state index in [1.165, 1.54) is 30.6 Å². The van der Waals surface area contributed by atoms with Crippen LogP contribution in [-0.4, -0.2) is 18.1 Å². The number of piperidine rings is 1. The number of nitrogens with one attached hydrogen (secondary N) is 1. The van der Waals surface area contributed by atoms with Crippen molar-refractivity contribution in [3.05, 3.63) is 29.6 Å². The first-order valence-corrected chi connectivity index (χ1v) is 5.08. The highest BCUT2D eigenvalue weighted by Crippen LogP contribution is 2.35. The Morgan fingerprint density at radius 2 is 2.38 bits per heavy atom. The first-order chi connectivity index (χ1) is 6.43. The van der Waals surface area contributed by atoms with Crippen LogP contribution >= 0.6 is 0 Å². The summed E-state index contributed by atoms with van der Waals surface area (Å²) in [7, 11) is 0. The highest BCUT2D eigenvalue weighted by molar-refractivity contribution is 5.28. The van der Waals surface area contributed by atoms with Crippen molar-refractivity contribution in [2.75, 3.05) is 13.1 Å². The van der Waals surface area contributed by atoms with Crippen LogP contribution in [0.15, 0.2) is 18.3 Å². The second-order valence-electron chi connectivity index (χ2n) is 4.20. The summed E-state index contributed by atoms with van der Waals surface area (Å²) in [4.78, 5) is 4.47. The Morgan fingerprint density at radius 3 is 3.38 bits per heavy atom. The van der Waals surface area contributed by atoms with Crippen LogP contribution in [0.2, 0.25) is 0 Å². The third kappa shape index (κ3) is 1.17. The molecule has 2 nitrogen and oxygen atoms in total. The summed E-state index contributed by atoms with van der Waals surface area (Å²) in [5.74, 6) is 1.57. The predicted octanol–water partition coefficient (Wildman–Crippen LogP) is 1.33. The van der Waals surface area contributed by atoms with Gasteiger partial charge in [0, 0.05) is 18.4 Å². The van der Waals surface area contributed by atoms with Crippen LogP contribution in [0.5, 0.6) is 0 Å². The molecule has 0 spiro atoms. The maximum absolute atomic E-state index is 4.47. The lowest BCUT2D eigenvalue weighted by molar-refractivity contribution is 0.314. The Labute approximate surface area is 78.4 Å². The molecule has 3 rings (SSSR count). The molecule has 1 saturated heterocycles. The van der Waals surface area contributed by atoms with Crippen LogP contribution in [0.4, 0.5) is 0 Å². The Hall–Kier alpha value is -0.890. The number of fused-ring (bicyclic) bond motifs is 4. The zero-order valence-electron chi connectivity index (χ0n) is 7.66. The zero-order chi connectivity index (χ0) is 8.67. The van der Waals surface area contributed by atoms with Crippen LogP contribution in [0, 0.1) is 5.92 Å². The summed E-state index contributed by atoms with van der Waals surface area (Å²) in [6.07, 6.45) is 4.47. The monoisotopic (exact) mass is 174 g/mol. The van der Waals surface area contributed by atoms with E-state index in [1.807, 2.05) is 6.20 Å². The summed E-state index contributed by atoms with van der Waals surface area (Å²) >= 11 is 0. The predicted molar refractivity (Wildman–Crippen MR) is 51.7 cm³/mol. The molecule has 2 aliphatic rings. The van der Waals surface area contributed by atoms with Gasteiger partial charge in [-0.3, -0.25) is 4.98 Å². The Morgan fingerprint density at radius 1 is 1.38 bits per heavy atom. The van der Waals surface area contributed by atoms with Crippen molar-refractivity contribution in [3.8, 4) is 0 Å². The topological polar surface area (TPSA) is 24.9 Å². The fraction of sp³-hybridized carbons (Fsp3) is 0.545. The smallest absolute Gasteiger partial charge is 0.0442 e. The van der Waals surface area contributed by atoms with E-state index < -0.39 is 0 Å². The van der Waals surface area contributed by atoms with E-state index in [9.17, 15) is 0 Å². The molecule has 0 amide bonds. The lowest BCUT2D eigenvalue weighted by Crippen LogP contribution is -2.39. The van der Waals surface area contributed by atoms with Crippen molar-refractivity contribution < 1.29 is 0 Å². The van der Waals surface area contributed by atoms with Gasteiger partial charge in [0.1, 0.15) is 0 Å². The molecule has 1 unspecified atom stereocenters. The third-order valence-corrected chi connectivity index (χ3v) is 3.29. The minimum absolute atomic E-state index is 0.733. The highest BCUT2D eigenvalue weighted by Gasteiger charge is 2.30. The molecule has 0 radical (unpaired) electrons. The largest absolute Gasteiger partial charge is 0.316 e. The molecule has 2 heterocycles. The summed E-state index contributed by atoms with van der Waals surface area (Å²) in [6.45, 7) is 2.34. The van der Waals surface area contributed by atoms with Gasteiger partial charge in [-0.2, -0.15) is 0 Å². The Balaban J connectivity index is 2.06. The summed E-state index contributed by atoms with van der Waals surface area (Å²) < 4.78 is 0. The van der Waals surface area contributed by atoms with Gasteiger partial charge in [-0.05, 0) is 42.9 Å². The maximum atomic E-state index is 4.47. The number of hydrogen-bond donors (Lipinski definition) is 1. The number of pyridine rings is 1. The van der Waals surface area contributed by atoms with E-state index in [0.717, 1.165) is 18.4 Å². The van der Waals surface area contributed by atoms with Crippen molar-refractivity contribution in [2.45, 2.75) is 18.8 Å². The molecule has 1 aromatic rings. The third-order valence-electron chi connectivity index (χ3n) is 3.29. The van der Waals surface area contributed by atoms with Crippen molar-refractivity contribution in [2.24, 2.45) is 5.92 Å². The summed E-state index contributed by atoms with van der Waals surface area (Å²) in [5, 5.41) is 3.50. The summed E-state index contributed by atoms with van der Waals surface area (Å²) in [6, 6.07) is 4.31. The average Bonchev–Trinajstić information content (AvgIpc) is 2.18. The SMILES string of the molecule is c1cnc2c(c1)[C@@H]1CNCC(C2)C1. The normalized spacial score (nSPS) is 31.1. The van der Waals surface area contributed by atoms with Gasteiger partial charge >= 0.3 is 0 Å². The van der Waals surface area contributed by atoms with E-state index in [1.54, 1.807) is 0 Å². The Kier molecular flexibility index (Phi) is 1.62. The van der Waals surface area contributed by atoms with E-state index >= 15 is 0 Å². The molecular formula is C11H14N2. The lowest BCUT2D eigenvalue weighted by atomic mass is 9.77. The van der Waals surface area contributed by atoms with E-state index in [2.05, 4.69) is 22.4 Å². The minimum atomic E-state index is 0.733. The highest BCUT2D eigenvalue weighted by atomic mass is 14.9. The van der Waals surface area contributed by atoms with E-state index in [0.29, 0.717) is 0 Å². The van der Waals surface area contributed by atoms with Crippen LogP contribution in [-0.2, 0) is 6.42 Å². The second-order valence-corrected chi connectivity index (χ2v) is 4.20. The molecule has 2 atom stereocenters. The van der Waals surface area contributed by atoms with Gasteiger partial charge in [0.25, 0.3) is 0 Å². The molecule has 1 N–H and O–H groups in total. The number of aromatic nitrogens is 1. The number of nitrogens with zero attached hydrogens (tertiary/aromatic N) is 1. The molecule has 2 bridgehead atoms. The molecule has 68 valence electrons. The van der Waals surface area contributed by atoms with Crippen LogP contribution in [0.3, 0.4) is 0 Å². The van der Waals surface area contributed by atoms with Crippen LogP contribution in [0.1, 0.15) is 23.6 Å². The van der Waals surface area contributed by atoms with Crippen molar-refractivity contribution >= 4 is 0 Å². The molecule has 0 saturated carbocycles. The molecule has 2 heteroatoms. The molecule has 1 aromatic heterocycles. The lowest BCUT2D eigenvalue weighted by Gasteiger charge is -2.35. The number of rotatable bonds is 0. The molecular weight excluding hydrogens is 160 g/mol.